The Labute approximate surface area is 225 Å². The molecule has 3 aromatic rings. The Morgan fingerprint density at radius 1 is 1.11 bits per heavy atom. The van der Waals surface area contributed by atoms with Crippen molar-refractivity contribution in [1.29, 1.82) is 0 Å². The Hall–Kier alpha value is -4.06. The van der Waals surface area contributed by atoms with Gasteiger partial charge >= 0.3 is 6.09 Å². The molecule has 0 spiro atoms. The highest BCUT2D eigenvalue weighted by atomic mass is 35.5. The molecule has 0 bridgehead atoms. The van der Waals surface area contributed by atoms with Gasteiger partial charge in [-0.15, -0.1) is 0 Å². The highest BCUT2D eigenvalue weighted by Crippen LogP contribution is 2.24. The number of rotatable bonds is 8. The lowest BCUT2D eigenvalue weighted by atomic mass is 10.2. The van der Waals surface area contributed by atoms with Gasteiger partial charge in [0.25, 0.3) is 5.91 Å². The molecule has 0 aliphatic carbocycles. The van der Waals surface area contributed by atoms with Crippen molar-refractivity contribution in [3.05, 3.63) is 59.1 Å². The summed E-state index contributed by atoms with van der Waals surface area (Å²) in [5.74, 6) is -0.0419. The fourth-order valence-corrected chi connectivity index (χ4v) is 4.20. The molecule has 4 rings (SSSR count). The van der Waals surface area contributed by atoms with Gasteiger partial charge in [-0.3, -0.25) is 14.3 Å². The molecule has 1 aliphatic rings. The summed E-state index contributed by atoms with van der Waals surface area (Å²) in [6, 6.07) is 8.02. The third-order valence-electron chi connectivity index (χ3n) is 6.16. The van der Waals surface area contributed by atoms with E-state index in [1.807, 2.05) is 0 Å². The number of benzene rings is 1. The summed E-state index contributed by atoms with van der Waals surface area (Å²) in [4.78, 5) is 41.3. The highest BCUT2D eigenvalue weighted by Gasteiger charge is 2.29. The molecule has 3 amide bonds. The van der Waals surface area contributed by atoms with Crippen LogP contribution in [0.25, 0.3) is 0 Å². The Balaban J connectivity index is 1.36. The van der Waals surface area contributed by atoms with E-state index < -0.39 is 11.9 Å². The van der Waals surface area contributed by atoms with E-state index in [9.17, 15) is 14.4 Å². The van der Waals surface area contributed by atoms with Crippen molar-refractivity contribution in [2.45, 2.75) is 33.5 Å². The number of hydrogen-bond acceptors (Lipinski definition) is 7. The lowest BCUT2D eigenvalue weighted by Gasteiger charge is -2.35. The Kier molecular flexibility index (Phi) is 8.52. The molecule has 13 heteroatoms. The second-order valence-corrected chi connectivity index (χ2v) is 9.08. The van der Waals surface area contributed by atoms with Crippen molar-refractivity contribution in [3.8, 4) is 5.75 Å². The lowest BCUT2D eigenvalue weighted by molar-refractivity contribution is -0.136. The van der Waals surface area contributed by atoms with Crippen LogP contribution < -0.4 is 10.1 Å². The molecule has 1 atom stereocenters. The van der Waals surface area contributed by atoms with Gasteiger partial charge in [0.1, 0.15) is 17.5 Å². The van der Waals surface area contributed by atoms with Crippen molar-refractivity contribution in [1.82, 2.24) is 29.4 Å². The number of carbonyl (C=O) groups is 3. The van der Waals surface area contributed by atoms with Gasteiger partial charge < -0.3 is 24.6 Å². The van der Waals surface area contributed by atoms with Gasteiger partial charge in [0, 0.05) is 38.6 Å². The van der Waals surface area contributed by atoms with Crippen LogP contribution in [0.3, 0.4) is 0 Å². The molecule has 0 saturated carbocycles. The summed E-state index contributed by atoms with van der Waals surface area (Å²) < 4.78 is 13.7. The zero-order chi connectivity index (χ0) is 27.2. The van der Waals surface area contributed by atoms with E-state index in [0.717, 1.165) is 0 Å². The van der Waals surface area contributed by atoms with Crippen LogP contribution in [0.15, 0.2) is 42.7 Å². The molecule has 1 aromatic carbocycles. The quantitative estimate of drug-likeness (QED) is 0.462. The van der Waals surface area contributed by atoms with Crippen molar-refractivity contribution >= 4 is 35.2 Å². The van der Waals surface area contributed by atoms with Crippen LogP contribution in [0.4, 0.5) is 10.5 Å². The van der Waals surface area contributed by atoms with Crippen LogP contribution in [0.2, 0.25) is 5.02 Å². The monoisotopic (exact) mass is 543 g/mol. The predicted octanol–water partition coefficient (Wildman–Crippen LogP) is 3.19. The number of nitrogens with one attached hydrogen (secondary N) is 1. The fourth-order valence-electron chi connectivity index (χ4n) is 4.01. The van der Waals surface area contributed by atoms with Crippen molar-refractivity contribution in [2.75, 3.05) is 38.1 Å². The zero-order valence-corrected chi connectivity index (χ0v) is 22.2. The van der Waals surface area contributed by atoms with Crippen LogP contribution >= 0.6 is 11.6 Å². The molecule has 1 N–H and O–H groups in total. The molecule has 12 nitrogen and oxygen atoms in total. The fraction of sp³-hybridized carbons (Fsp3) is 0.400. The van der Waals surface area contributed by atoms with Crippen molar-refractivity contribution in [2.24, 2.45) is 0 Å². The van der Waals surface area contributed by atoms with Gasteiger partial charge in [-0.2, -0.15) is 10.2 Å². The average Bonchev–Trinajstić information content (AvgIpc) is 3.54. The highest BCUT2D eigenvalue weighted by molar-refractivity contribution is 6.32. The standard InChI is InChI=1S/C25H30ClN7O5/c1-4-37-25(36)31-13-11-30(12-14-31)24(35)18(3)32-15-20(17(2)29-32)28-23(34)21-9-10-27-33(21)16-38-22-8-6-5-7-19(22)26/h5-10,15,18H,4,11-14,16H2,1-3H3,(H,28,34). The second-order valence-electron chi connectivity index (χ2n) is 8.67. The van der Waals surface area contributed by atoms with Gasteiger partial charge in [-0.1, -0.05) is 23.7 Å². The number of amides is 3. The number of nitrogens with zero attached hydrogens (tertiary/aromatic N) is 6. The van der Waals surface area contributed by atoms with E-state index in [1.54, 1.807) is 67.1 Å². The molecule has 0 radical (unpaired) electrons. The first kappa shape index (κ1) is 27.0. The van der Waals surface area contributed by atoms with Crippen molar-refractivity contribution < 1.29 is 23.9 Å². The lowest BCUT2D eigenvalue weighted by Crippen LogP contribution is -2.52. The van der Waals surface area contributed by atoms with Crippen LogP contribution in [0.5, 0.6) is 5.75 Å². The van der Waals surface area contributed by atoms with Gasteiger partial charge in [0.15, 0.2) is 6.73 Å². The first-order valence-electron chi connectivity index (χ1n) is 12.2. The van der Waals surface area contributed by atoms with Crippen LogP contribution in [0.1, 0.15) is 36.1 Å². The topological polar surface area (TPSA) is 124 Å². The number of aromatic nitrogens is 4. The van der Waals surface area contributed by atoms with Gasteiger partial charge in [0.05, 0.1) is 23.0 Å². The molecule has 38 heavy (non-hydrogen) atoms. The number of hydrogen-bond donors (Lipinski definition) is 1. The molecule has 1 unspecified atom stereocenters. The first-order chi connectivity index (χ1) is 18.3. The van der Waals surface area contributed by atoms with E-state index >= 15 is 0 Å². The Morgan fingerprint density at radius 2 is 1.82 bits per heavy atom. The maximum absolute atomic E-state index is 13.1. The molecule has 2 aromatic heterocycles. The number of carbonyl (C=O) groups excluding carboxylic acids is 3. The molecule has 1 fully saturated rings. The molecular weight excluding hydrogens is 514 g/mol. The largest absolute Gasteiger partial charge is 0.470 e. The Bertz CT molecular complexity index is 1300. The summed E-state index contributed by atoms with van der Waals surface area (Å²) in [7, 11) is 0. The SMILES string of the molecule is CCOC(=O)N1CCN(C(=O)C(C)n2cc(NC(=O)c3ccnn3COc3ccccc3Cl)c(C)n2)CC1. The molecule has 3 heterocycles. The second kappa shape index (κ2) is 12.0. The maximum Gasteiger partial charge on any atom is 0.409 e. The summed E-state index contributed by atoms with van der Waals surface area (Å²) in [5, 5.41) is 11.9. The minimum atomic E-state index is -0.594. The van der Waals surface area contributed by atoms with E-state index in [1.165, 1.54) is 15.6 Å². The zero-order valence-electron chi connectivity index (χ0n) is 21.5. The number of anilines is 1. The summed E-state index contributed by atoms with van der Waals surface area (Å²) in [6.45, 7) is 7.19. The number of halogens is 1. The minimum absolute atomic E-state index is 0.00725. The first-order valence-corrected chi connectivity index (χ1v) is 12.6. The summed E-state index contributed by atoms with van der Waals surface area (Å²) in [5.41, 5.74) is 1.32. The summed E-state index contributed by atoms with van der Waals surface area (Å²) >= 11 is 6.13. The van der Waals surface area contributed by atoms with Crippen LogP contribution in [0, 0.1) is 6.92 Å². The van der Waals surface area contributed by atoms with E-state index in [0.29, 0.717) is 54.9 Å². The number of aryl methyl sites for hydroxylation is 1. The molecule has 1 aliphatic heterocycles. The molecule has 1 saturated heterocycles. The average molecular weight is 544 g/mol. The van der Waals surface area contributed by atoms with Crippen molar-refractivity contribution in [3.63, 3.8) is 0 Å². The van der Waals surface area contributed by atoms with Gasteiger partial charge in [0.2, 0.25) is 5.91 Å². The third kappa shape index (κ3) is 6.08. The maximum atomic E-state index is 13.1. The van der Waals surface area contributed by atoms with Gasteiger partial charge in [-0.25, -0.2) is 9.48 Å². The van der Waals surface area contributed by atoms with Gasteiger partial charge in [-0.05, 0) is 39.0 Å². The Morgan fingerprint density at radius 3 is 2.53 bits per heavy atom. The molecule has 202 valence electrons. The summed E-state index contributed by atoms with van der Waals surface area (Å²) in [6.07, 6.45) is 2.77. The molecular formula is C25H30ClN7O5. The third-order valence-corrected chi connectivity index (χ3v) is 6.48. The number of para-hydroxylation sites is 1. The van der Waals surface area contributed by atoms with E-state index in [4.69, 9.17) is 21.1 Å². The van der Waals surface area contributed by atoms with E-state index in [-0.39, 0.29) is 24.4 Å². The van der Waals surface area contributed by atoms with Crippen LogP contribution in [-0.2, 0) is 16.3 Å². The normalized spacial score (nSPS) is 14.2. The van der Waals surface area contributed by atoms with E-state index in [2.05, 4.69) is 15.5 Å². The predicted molar refractivity (Wildman–Crippen MR) is 139 cm³/mol. The van der Waals surface area contributed by atoms with Crippen LogP contribution in [-0.4, -0.2) is 80.1 Å². The smallest absolute Gasteiger partial charge is 0.409 e. The minimum Gasteiger partial charge on any atom is -0.470 e. The number of piperazine rings is 1. The number of ether oxygens (including phenoxy) is 2.